The fraction of sp³-hybridized carbons (Fsp3) is 0. The van der Waals surface area contributed by atoms with Crippen LogP contribution in [0.1, 0.15) is 11.1 Å². The lowest BCUT2D eigenvalue weighted by atomic mass is 10.0. The number of hydrogen-bond acceptors (Lipinski definition) is 5. The molecule has 0 aliphatic carbocycles. The summed E-state index contributed by atoms with van der Waals surface area (Å²) in [6, 6.07) is 12.0. The number of hydrogen-bond donors (Lipinski definition) is 2. The van der Waals surface area contributed by atoms with E-state index in [9.17, 15) is 5.11 Å². The minimum absolute atomic E-state index is 0.0141. The van der Waals surface area contributed by atoms with Crippen LogP contribution < -0.4 is 5.73 Å². The van der Waals surface area contributed by atoms with Crippen molar-refractivity contribution in [2.75, 3.05) is 5.73 Å². The number of nitrogens with zero attached hydrogens (tertiary/aromatic N) is 3. The van der Waals surface area contributed by atoms with E-state index < -0.39 is 0 Å². The number of anilines is 1. The molecule has 0 aliphatic rings. The molecule has 3 aromatic rings. The zero-order chi connectivity index (χ0) is 15.7. The van der Waals surface area contributed by atoms with Crippen LogP contribution in [0.4, 0.5) is 5.82 Å². The monoisotopic (exact) mass is 286 g/mol. The van der Waals surface area contributed by atoms with Gasteiger partial charge in [-0.1, -0.05) is 12.0 Å². The summed E-state index contributed by atoms with van der Waals surface area (Å²) in [4.78, 5) is 0. The van der Waals surface area contributed by atoms with Gasteiger partial charge in [-0.05, 0) is 30.3 Å². The van der Waals surface area contributed by atoms with E-state index in [2.05, 4.69) is 22.2 Å². The summed E-state index contributed by atoms with van der Waals surface area (Å²) in [5, 5.41) is 28.5. The van der Waals surface area contributed by atoms with E-state index >= 15 is 0 Å². The third-order valence-electron chi connectivity index (χ3n) is 3.36. The Morgan fingerprint density at radius 3 is 2.50 bits per heavy atom. The topological polar surface area (TPSA) is 95.8 Å². The van der Waals surface area contributed by atoms with E-state index in [0.717, 1.165) is 0 Å². The highest BCUT2D eigenvalue weighted by molar-refractivity contribution is 6.00. The molecule has 0 saturated heterocycles. The molecule has 0 radical (unpaired) electrons. The normalized spacial score (nSPS) is 10.1. The van der Waals surface area contributed by atoms with Gasteiger partial charge in [0.05, 0.1) is 11.6 Å². The lowest BCUT2D eigenvalue weighted by molar-refractivity contribution is 0.477. The van der Waals surface area contributed by atoms with Crippen LogP contribution in [0.15, 0.2) is 36.4 Å². The maximum Gasteiger partial charge on any atom is 0.154 e. The number of nitrogen functional groups attached to an aromatic ring is 1. The fourth-order valence-corrected chi connectivity index (χ4v) is 2.26. The Bertz CT molecular complexity index is 980. The van der Waals surface area contributed by atoms with E-state index in [0.29, 0.717) is 33.2 Å². The molecule has 0 fully saturated rings. The van der Waals surface area contributed by atoms with Crippen molar-refractivity contribution in [3.8, 4) is 35.4 Å². The Morgan fingerprint density at radius 2 is 1.82 bits per heavy atom. The van der Waals surface area contributed by atoms with Crippen LogP contribution in [-0.2, 0) is 0 Å². The Morgan fingerprint density at radius 1 is 1.05 bits per heavy atom. The summed E-state index contributed by atoms with van der Waals surface area (Å²) >= 11 is 0. The number of aromatic nitrogens is 2. The summed E-state index contributed by atoms with van der Waals surface area (Å²) in [7, 11) is 0. The second kappa shape index (κ2) is 5.08. The SMILES string of the molecule is C#Cc1ccc(-c2nnc(N)c3cc(C#N)ccc23)c(O)c1. The van der Waals surface area contributed by atoms with Crippen molar-refractivity contribution in [3.05, 3.63) is 47.5 Å². The van der Waals surface area contributed by atoms with Crippen molar-refractivity contribution in [2.24, 2.45) is 0 Å². The molecule has 3 N–H and O–H groups in total. The number of rotatable bonds is 1. The van der Waals surface area contributed by atoms with Crippen molar-refractivity contribution in [1.82, 2.24) is 10.2 Å². The molecule has 0 saturated carbocycles. The van der Waals surface area contributed by atoms with Crippen LogP contribution in [0.3, 0.4) is 0 Å². The molecular weight excluding hydrogens is 276 g/mol. The third kappa shape index (κ3) is 2.07. The lowest BCUT2D eigenvalue weighted by Crippen LogP contribution is -1.98. The number of aromatic hydroxyl groups is 1. The first-order chi connectivity index (χ1) is 10.6. The largest absolute Gasteiger partial charge is 0.507 e. The highest BCUT2D eigenvalue weighted by atomic mass is 16.3. The number of nitrogens with two attached hydrogens (primary N) is 1. The van der Waals surface area contributed by atoms with Gasteiger partial charge in [0.2, 0.25) is 0 Å². The molecular formula is C17H10N4O. The first-order valence-corrected chi connectivity index (χ1v) is 6.40. The summed E-state index contributed by atoms with van der Waals surface area (Å²) in [6.45, 7) is 0. The van der Waals surface area contributed by atoms with E-state index in [4.69, 9.17) is 17.4 Å². The number of phenolic OH excluding ortho intramolecular Hbond substituents is 1. The molecule has 1 heterocycles. The first kappa shape index (κ1) is 13.4. The van der Waals surface area contributed by atoms with Gasteiger partial charge in [0.15, 0.2) is 5.82 Å². The number of phenols is 1. The molecule has 1 aromatic heterocycles. The molecule has 3 rings (SSSR count). The van der Waals surface area contributed by atoms with Crippen LogP contribution >= 0.6 is 0 Å². The smallest absolute Gasteiger partial charge is 0.154 e. The highest BCUT2D eigenvalue weighted by Crippen LogP contribution is 2.34. The second-order valence-electron chi connectivity index (χ2n) is 4.68. The minimum Gasteiger partial charge on any atom is -0.507 e. The van der Waals surface area contributed by atoms with Crippen molar-refractivity contribution in [3.63, 3.8) is 0 Å². The van der Waals surface area contributed by atoms with Crippen LogP contribution in [0.25, 0.3) is 22.0 Å². The van der Waals surface area contributed by atoms with Gasteiger partial charge in [-0.25, -0.2) is 0 Å². The number of nitriles is 1. The van der Waals surface area contributed by atoms with E-state index in [1.165, 1.54) is 6.07 Å². The lowest BCUT2D eigenvalue weighted by Gasteiger charge is -2.09. The van der Waals surface area contributed by atoms with E-state index in [1.54, 1.807) is 30.3 Å². The van der Waals surface area contributed by atoms with Crippen molar-refractivity contribution in [2.45, 2.75) is 0 Å². The molecule has 0 amide bonds. The molecule has 5 heteroatoms. The number of terminal acetylenes is 1. The highest BCUT2D eigenvalue weighted by Gasteiger charge is 2.13. The quantitative estimate of drug-likeness (QED) is 0.670. The van der Waals surface area contributed by atoms with Crippen LogP contribution in [0, 0.1) is 23.7 Å². The van der Waals surface area contributed by atoms with Gasteiger partial charge in [-0.15, -0.1) is 16.6 Å². The standard InChI is InChI=1S/C17H10N4O/c1-2-10-3-6-13(15(22)8-10)16-12-5-4-11(9-18)7-14(12)17(19)21-20-16/h1,3-8,22H,(H2,19,21). The number of benzene rings is 2. The zero-order valence-corrected chi connectivity index (χ0v) is 11.4. The van der Waals surface area contributed by atoms with Gasteiger partial charge in [-0.3, -0.25) is 0 Å². The molecule has 104 valence electrons. The summed E-state index contributed by atoms with van der Waals surface area (Å²) < 4.78 is 0. The predicted molar refractivity (Wildman–Crippen MR) is 83.7 cm³/mol. The molecule has 0 unspecified atom stereocenters. The Balaban J connectivity index is 2.31. The molecule has 22 heavy (non-hydrogen) atoms. The minimum atomic E-state index is 0.0141. The van der Waals surface area contributed by atoms with Gasteiger partial charge < -0.3 is 10.8 Å². The number of fused-ring (bicyclic) bond motifs is 1. The predicted octanol–water partition coefficient (Wildman–Crippen LogP) is 2.44. The average Bonchev–Trinajstić information content (AvgIpc) is 2.55. The Hall–Kier alpha value is -3.57. The zero-order valence-electron chi connectivity index (χ0n) is 11.4. The summed E-state index contributed by atoms with van der Waals surface area (Å²) in [6.07, 6.45) is 5.31. The molecule has 0 aliphatic heterocycles. The van der Waals surface area contributed by atoms with E-state index in [-0.39, 0.29) is 11.6 Å². The van der Waals surface area contributed by atoms with Crippen LogP contribution in [0.2, 0.25) is 0 Å². The van der Waals surface area contributed by atoms with Gasteiger partial charge in [0.1, 0.15) is 11.4 Å². The maximum atomic E-state index is 10.2. The molecule has 5 nitrogen and oxygen atoms in total. The van der Waals surface area contributed by atoms with E-state index in [1.807, 2.05) is 0 Å². The molecule has 0 atom stereocenters. The molecule has 0 spiro atoms. The van der Waals surface area contributed by atoms with Gasteiger partial charge in [0.25, 0.3) is 0 Å². The van der Waals surface area contributed by atoms with Crippen molar-refractivity contribution in [1.29, 1.82) is 5.26 Å². The molecule has 0 bridgehead atoms. The Kier molecular flexibility index (Phi) is 3.10. The van der Waals surface area contributed by atoms with Gasteiger partial charge >= 0.3 is 0 Å². The second-order valence-corrected chi connectivity index (χ2v) is 4.68. The maximum absolute atomic E-state index is 10.2. The summed E-state index contributed by atoms with van der Waals surface area (Å²) in [5.41, 5.74) is 7.87. The van der Waals surface area contributed by atoms with Crippen molar-refractivity contribution < 1.29 is 5.11 Å². The first-order valence-electron chi connectivity index (χ1n) is 6.40. The van der Waals surface area contributed by atoms with Crippen molar-refractivity contribution >= 4 is 16.6 Å². The van der Waals surface area contributed by atoms with Gasteiger partial charge in [-0.2, -0.15) is 5.26 Å². The fourth-order valence-electron chi connectivity index (χ4n) is 2.26. The van der Waals surface area contributed by atoms with Crippen LogP contribution in [-0.4, -0.2) is 15.3 Å². The Labute approximate surface area is 126 Å². The van der Waals surface area contributed by atoms with Crippen LogP contribution in [0.5, 0.6) is 5.75 Å². The van der Waals surface area contributed by atoms with Gasteiger partial charge in [0, 0.05) is 21.9 Å². The third-order valence-corrected chi connectivity index (χ3v) is 3.36. The molecule has 2 aromatic carbocycles. The summed E-state index contributed by atoms with van der Waals surface area (Å²) in [5.74, 6) is 2.70. The average molecular weight is 286 g/mol.